The third kappa shape index (κ3) is 12.0. The first kappa shape index (κ1) is 45.4. The molecule has 4 aliphatic rings. The summed E-state index contributed by atoms with van der Waals surface area (Å²) in [6.07, 6.45) is 2.74. The monoisotopic (exact) mass is 822 g/mol. The van der Waals surface area contributed by atoms with Gasteiger partial charge in [0, 0.05) is 45.1 Å². The van der Waals surface area contributed by atoms with E-state index in [9.17, 15) is 33.6 Å². The van der Waals surface area contributed by atoms with Crippen molar-refractivity contribution in [2.45, 2.75) is 157 Å². The third-order valence-corrected chi connectivity index (χ3v) is 12.0. The largest absolute Gasteiger partial charge is 0.444 e. The van der Waals surface area contributed by atoms with Crippen molar-refractivity contribution in [3.05, 3.63) is 35.4 Å². The van der Waals surface area contributed by atoms with Gasteiger partial charge in [0.05, 0.1) is 18.6 Å². The van der Waals surface area contributed by atoms with Gasteiger partial charge in [-0.3, -0.25) is 24.0 Å². The number of ether oxygens (including phenoxy) is 1. The average molecular weight is 822 g/mol. The van der Waals surface area contributed by atoms with E-state index in [1.54, 1.807) is 30.6 Å². The van der Waals surface area contributed by atoms with Gasteiger partial charge in [-0.05, 0) is 59.5 Å². The van der Waals surface area contributed by atoms with Crippen LogP contribution in [0, 0.1) is 16.2 Å². The third-order valence-electron chi connectivity index (χ3n) is 12.0. The molecule has 3 aliphatic heterocycles. The maximum absolute atomic E-state index is 14.8. The number of urea groups is 1. The zero-order valence-corrected chi connectivity index (χ0v) is 36.6. The Labute approximate surface area is 349 Å². The number of amides is 7. The Balaban J connectivity index is 1.34. The lowest BCUT2D eigenvalue weighted by Gasteiger charge is -2.41. The highest BCUT2D eigenvalue weighted by molar-refractivity contribution is 6.38. The van der Waals surface area contributed by atoms with Crippen LogP contribution in [0.15, 0.2) is 24.3 Å². The summed E-state index contributed by atoms with van der Waals surface area (Å²) >= 11 is 0. The number of nitrogens with zero attached hydrogens (tertiary/aromatic N) is 3. The van der Waals surface area contributed by atoms with E-state index in [4.69, 9.17) is 4.74 Å². The summed E-state index contributed by atoms with van der Waals surface area (Å²) in [7, 11) is 0. The molecule has 2 saturated heterocycles. The van der Waals surface area contributed by atoms with Crippen molar-refractivity contribution >= 4 is 41.5 Å². The van der Waals surface area contributed by atoms with Crippen molar-refractivity contribution in [2.24, 2.45) is 16.2 Å². The van der Waals surface area contributed by atoms with Crippen molar-refractivity contribution < 1.29 is 38.3 Å². The number of carbonyl (C=O) groups is 7. The number of nitrogens with one attached hydrogen (secondary N) is 4. The fraction of sp³-hybridized carbons (Fsp3) is 0.705. The number of ketones is 1. The van der Waals surface area contributed by atoms with Gasteiger partial charge >= 0.3 is 12.1 Å². The minimum atomic E-state index is -1.17. The molecule has 0 aromatic heterocycles. The fourth-order valence-electron chi connectivity index (χ4n) is 7.98. The van der Waals surface area contributed by atoms with Crippen LogP contribution in [0.2, 0.25) is 0 Å². The fourth-order valence-corrected chi connectivity index (χ4v) is 7.98. The van der Waals surface area contributed by atoms with Gasteiger partial charge in [-0.1, -0.05) is 93.0 Å². The highest BCUT2D eigenvalue weighted by Crippen LogP contribution is 2.33. The first-order valence-electron chi connectivity index (χ1n) is 21.4. The van der Waals surface area contributed by atoms with E-state index in [1.807, 2.05) is 52.0 Å². The molecule has 0 radical (unpaired) electrons. The molecule has 5 atom stereocenters. The van der Waals surface area contributed by atoms with Crippen LogP contribution in [0.3, 0.4) is 0 Å². The molecule has 4 N–H and O–H groups in total. The van der Waals surface area contributed by atoms with Crippen molar-refractivity contribution in [1.29, 1.82) is 0 Å². The summed E-state index contributed by atoms with van der Waals surface area (Å²) < 4.78 is 6.00. The van der Waals surface area contributed by atoms with Crippen LogP contribution in [0.5, 0.6) is 0 Å². The summed E-state index contributed by atoms with van der Waals surface area (Å²) in [6.45, 7) is 18.9. The molecule has 1 saturated carbocycles. The van der Waals surface area contributed by atoms with Crippen molar-refractivity contribution in [1.82, 2.24) is 36.0 Å². The average Bonchev–Trinajstić information content (AvgIpc) is 3.87. The minimum absolute atomic E-state index is 0.0329. The number of benzene rings is 1. The number of piperidine rings is 1. The highest BCUT2D eigenvalue weighted by Gasteiger charge is 2.48. The predicted molar refractivity (Wildman–Crippen MR) is 222 cm³/mol. The molecule has 1 aromatic rings. The normalized spacial score (nSPS) is 22.1. The second-order valence-electron chi connectivity index (χ2n) is 19.9. The first-order chi connectivity index (χ1) is 27.6. The Kier molecular flexibility index (Phi) is 14.1. The Hall–Kier alpha value is -4.69. The Bertz CT molecular complexity index is 1760. The molecule has 1 unspecified atom stereocenters. The molecule has 15 heteroatoms. The van der Waals surface area contributed by atoms with E-state index in [1.165, 1.54) is 4.90 Å². The van der Waals surface area contributed by atoms with E-state index < -0.39 is 76.7 Å². The quantitative estimate of drug-likeness (QED) is 0.215. The summed E-state index contributed by atoms with van der Waals surface area (Å²) in [5, 5.41) is 11.4. The summed E-state index contributed by atoms with van der Waals surface area (Å²) in [4.78, 5) is 100. The van der Waals surface area contributed by atoms with Crippen LogP contribution in [-0.4, -0.2) is 119 Å². The van der Waals surface area contributed by atoms with Crippen LogP contribution in [0.25, 0.3) is 0 Å². The van der Waals surface area contributed by atoms with Crippen LogP contribution >= 0.6 is 0 Å². The van der Waals surface area contributed by atoms with E-state index in [0.717, 1.165) is 30.4 Å². The van der Waals surface area contributed by atoms with Crippen LogP contribution < -0.4 is 21.3 Å². The first-order valence-corrected chi connectivity index (χ1v) is 21.4. The van der Waals surface area contributed by atoms with Gasteiger partial charge in [0.15, 0.2) is 0 Å². The number of hydrogen-bond acceptors (Lipinski definition) is 8. The molecule has 326 valence electrons. The number of Topliss-reactive ketones (excluding diaryl/α,β-unsaturated/α-hetero) is 1. The molecule has 3 heterocycles. The molecule has 0 spiro atoms. The lowest BCUT2D eigenvalue weighted by atomic mass is 9.81. The van der Waals surface area contributed by atoms with Gasteiger partial charge < -0.3 is 40.7 Å². The van der Waals surface area contributed by atoms with Crippen LogP contribution in [0.1, 0.15) is 118 Å². The van der Waals surface area contributed by atoms with Crippen LogP contribution in [0.4, 0.5) is 9.59 Å². The lowest BCUT2D eigenvalue weighted by Crippen LogP contribution is -2.62. The Morgan fingerprint density at radius 3 is 2.20 bits per heavy atom. The maximum atomic E-state index is 14.8. The smallest absolute Gasteiger partial charge is 0.410 e. The Morgan fingerprint density at radius 2 is 1.59 bits per heavy atom. The molecule has 0 bridgehead atoms. The van der Waals surface area contributed by atoms with Gasteiger partial charge in [-0.25, -0.2) is 9.59 Å². The minimum Gasteiger partial charge on any atom is -0.444 e. The molecule has 7 amide bonds. The van der Waals surface area contributed by atoms with Crippen molar-refractivity contribution in [2.75, 3.05) is 26.2 Å². The standard InChI is InChI=1S/C44H67N7O8/c1-10-13-31(35(53)38(55)45-29-16-17-29)46-37(54)32-22-30(59-41(58)50-20-18-27-14-11-12-15-28(27)24-50)25-51(32)39(56)36(43(5,6)7)48-40(57)47-33(42(2,3)4)26-49-21-19-44(8,9)23-34(49)52/h11-12,14-15,29-33,36H,10,13,16-26H2,1-9H3,(H,45,55)(H,46,54)(H2,47,48,57)/t30-,31?,32+,33-,36-/m1/s1. The molecule has 5 rings (SSSR count). The van der Waals surface area contributed by atoms with E-state index >= 15 is 0 Å². The number of likely N-dealkylation sites (tertiary alicyclic amines) is 2. The molecule has 1 aromatic carbocycles. The SMILES string of the molecule is CCCC(NC(=O)[C@@H]1C[C@@H](OC(=O)N2CCc3ccccc3C2)CN1C(=O)[C@@H](NC(=O)N[C@H](CN1CCC(C)(C)CC1=O)C(C)(C)C)C(C)(C)C)C(=O)C(=O)NC1CC1. The summed E-state index contributed by atoms with van der Waals surface area (Å²) in [6, 6.07) is 3.35. The summed E-state index contributed by atoms with van der Waals surface area (Å²) in [5.41, 5.74) is 0.800. The topological polar surface area (TPSA) is 187 Å². The van der Waals surface area contributed by atoms with Crippen molar-refractivity contribution in [3.8, 4) is 0 Å². The molecule has 1 aliphatic carbocycles. The zero-order chi connectivity index (χ0) is 43.4. The van der Waals surface area contributed by atoms with Gasteiger partial charge in [-0.2, -0.15) is 0 Å². The van der Waals surface area contributed by atoms with Gasteiger partial charge in [0.25, 0.3) is 5.91 Å². The van der Waals surface area contributed by atoms with Gasteiger partial charge in [0.2, 0.25) is 23.5 Å². The van der Waals surface area contributed by atoms with Crippen molar-refractivity contribution in [3.63, 3.8) is 0 Å². The number of fused-ring (bicyclic) bond motifs is 1. The van der Waals surface area contributed by atoms with E-state index in [2.05, 4.69) is 35.1 Å². The molecular weight excluding hydrogens is 755 g/mol. The van der Waals surface area contributed by atoms with E-state index in [-0.39, 0.29) is 36.8 Å². The van der Waals surface area contributed by atoms with E-state index in [0.29, 0.717) is 45.4 Å². The second kappa shape index (κ2) is 18.3. The van der Waals surface area contributed by atoms with Gasteiger partial charge in [0.1, 0.15) is 18.2 Å². The molecule has 15 nitrogen and oxygen atoms in total. The number of carbonyl (C=O) groups excluding carboxylic acids is 7. The molecule has 3 fully saturated rings. The Morgan fingerprint density at radius 1 is 0.915 bits per heavy atom. The summed E-state index contributed by atoms with van der Waals surface area (Å²) in [5.74, 6) is -2.71. The molecule has 59 heavy (non-hydrogen) atoms. The highest BCUT2D eigenvalue weighted by atomic mass is 16.6. The maximum Gasteiger partial charge on any atom is 0.410 e. The number of rotatable bonds is 13. The lowest BCUT2D eigenvalue weighted by molar-refractivity contribution is -0.144. The second-order valence-corrected chi connectivity index (χ2v) is 19.9. The van der Waals surface area contributed by atoms with Crippen LogP contribution in [-0.2, 0) is 41.7 Å². The van der Waals surface area contributed by atoms with Gasteiger partial charge in [-0.15, -0.1) is 0 Å². The predicted octanol–water partition coefficient (Wildman–Crippen LogP) is 4.06. The number of hydrogen-bond donors (Lipinski definition) is 4. The molecular formula is C44H67N7O8. The zero-order valence-electron chi connectivity index (χ0n) is 36.6.